The molecule has 1 aliphatic carbocycles. The third-order valence-corrected chi connectivity index (χ3v) is 11.6. The van der Waals surface area contributed by atoms with Crippen molar-refractivity contribution in [3.63, 3.8) is 0 Å². The number of rotatable bonds is 5. The van der Waals surface area contributed by atoms with E-state index in [2.05, 4.69) is 62.7 Å². The van der Waals surface area contributed by atoms with Gasteiger partial charge in [0.1, 0.15) is 5.60 Å². The zero-order chi connectivity index (χ0) is 34.2. The Morgan fingerprint density at radius 3 is 2.35 bits per heavy atom. The molecule has 3 fully saturated rings. The molecule has 2 atom stereocenters. The minimum atomic E-state index is -0.493. The van der Waals surface area contributed by atoms with Crippen LogP contribution in [-0.2, 0) is 22.4 Å². The van der Waals surface area contributed by atoms with Crippen LogP contribution in [0, 0.1) is 11.8 Å². The van der Waals surface area contributed by atoms with Crippen LogP contribution in [-0.4, -0.2) is 100 Å². The summed E-state index contributed by atoms with van der Waals surface area (Å²) in [7, 11) is 0. The highest BCUT2D eigenvalue weighted by molar-refractivity contribution is 9.10. The second kappa shape index (κ2) is 15.0. The van der Waals surface area contributed by atoms with Crippen molar-refractivity contribution in [2.75, 3.05) is 45.8 Å². The number of amides is 2. The van der Waals surface area contributed by atoms with E-state index >= 15 is 0 Å². The van der Waals surface area contributed by atoms with E-state index in [-0.39, 0.29) is 24.1 Å². The number of fused-ring (bicyclic) bond motifs is 2. The summed E-state index contributed by atoms with van der Waals surface area (Å²) in [4.78, 5) is 40.5. The molecule has 1 unspecified atom stereocenters. The van der Waals surface area contributed by atoms with Crippen LogP contribution in [0.5, 0.6) is 0 Å². The van der Waals surface area contributed by atoms with Gasteiger partial charge in [0.15, 0.2) is 0 Å². The van der Waals surface area contributed by atoms with Crippen molar-refractivity contribution in [2.45, 2.75) is 103 Å². The predicted octanol–water partition coefficient (Wildman–Crippen LogP) is 7.36. The number of halogens is 2. The van der Waals surface area contributed by atoms with E-state index in [0.29, 0.717) is 37.4 Å². The molecule has 0 saturated carbocycles. The third-order valence-electron chi connectivity index (χ3n) is 10.9. The molecular formula is C38H53BrClN5O3. The molecule has 6 rings (SSSR count). The molecule has 4 aliphatic rings. The summed E-state index contributed by atoms with van der Waals surface area (Å²) in [6.07, 6.45) is 8.14. The van der Waals surface area contributed by atoms with Crippen molar-refractivity contribution in [3.8, 4) is 0 Å². The highest BCUT2D eigenvalue weighted by Gasteiger charge is 2.39. The maximum atomic E-state index is 13.7. The molecule has 1 aromatic carbocycles. The number of ether oxygens (including phenoxy) is 1. The van der Waals surface area contributed by atoms with Gasteiger partial charge < -0.3 is 14.5 Å². The van der Waals surface area contributed by atoms with Crippen LogP contribution in [0.1, 0.15) is 95.1 Å². The molecule has 10 heteroatoms. The van der Waals surface area contributed by atoms with E-state index in [1.807, 2.05) is 33.0 Å². The zero-order valence-corrected chi connectivity index (χ0v) is 31.7. The molecule has 3 saturated heterocycles. The Labute approximate surface area is 300 Å². The number of carbonyl (C=O) groups excluding carboxylic acids is 2. The van der Waals surface area contributed by atoms with Gasteiger partial charge in [-0.15, -0.1) is 0 Å². The van der Waals surface area contributed by atoms with Gasteiger partial charge >= 0.3 is 6.09 Å². The molecule has 0 bridgehead atoms. The largest absolute Gasteiger partial charge is 0.444 e. The van der Waals surface area contributed by atoms with E-state index in [9.17, 15) is 9.59 Å². The Morgan fingerprint density at radius 2 is 1.67 bits per heavy atom. The summed E-state index contributed by atoms with van der Waals surface area (Å²) in [5.41, 5.74) is 4.68. The summed E-state index contributed by atoms with van der Waals surface area (Å²) in [6, 6.07) is 9.53. The highest BCUT2D eigenvalue weighted by atomic mass is 79.9. The minimum Gasteiger partial charge on any atom is -0.444 e. The number of benzene rings is 1. The van der Waals surface area contributed by atoms with Crippen LogP contribution in [0.25, 0.3) is 0 Å². The molecule has 0 radical (unpaired) electrons. The number of aryl methyl sites for hydroxylation is 2. The number of hydrogen-bond acceptors (Lipinski definition) is 6. The van der Waals surface area contributed by atoms with E-state index < -0.39 is 5.60 Å². The fourth-order valence-electron chi connectivity index (χ4n) is 8.35. The molecule has 262 valence electrons. The summed E-state index contributed by atoms with van der Waals surface area (Å²) in [5.74, 6) is 0.989. The van der Waals surface area contributed by atoms with Gasteiger partial charge in [0.25, 0.3) is 0 Å². The smallest absolute Gasteiger partial charge is 0.410 e. The fourth-order valence-corrected chi connectivity index (χ4v) is 8.92. The first-order valence-electron chi connectivity index (χ1n) is 18.0. The Kier molecular flexibility index (Phi) is 11.1. The van der Waals surface area contributed by atoms with E-state index in [1.165, 1.54) is 22.4 Å². The average Bonchev–Trinajstić information content (AvgIpc) is 3.20. The second-order valence-corrected chi connectivity index (χ2v) is 17.1. The fraction of sp³-hybridized carbons (Fsp3) is 0.658. The maximum absolute atomic E-state index is 13.7. The first-order chi connectivity index (χ1) is 22.9. The lowest BCUT2D eigenvalue weighted by atomic mass is 9.90. The molecule has 2 amide bonds. The standard InChI is InChI=1S/C38H53BrClN5O3/c1-25(2)33-24-44(18-19-45(33)34(46)20-26-10-14-43(15-11-26)37(47)48-38(3,4)5)31-12-16-42(17-13-31)36-32-9-8-30(40)22-27(32)6-7-28-21-29(39)23-41-35(28)36/h8-9,21-23,25-26,31,33,36H,6-7,10-20,24H2,1-5H3/t33-,36?/m1/s1. The molecule has 4 heterocycles. The second-order valence-electron chi connectivity index (χ2n) is 15.7. The van der Waals surface area contributed by atoms with E-state index in [1.54, 1.807) is 4.90 Å². The van der Waals surface area contributed by atoms with Gasteiger partial charge in [0, 0.05) is 80.0 Å². The Balaban J connectivity index is 1.06. The number of nitrogens with zero attached hydrogens (tertiary/aromatic N) is 5. The van der Waals surface area contributed by atoms with Crippen LogP contribution < -0.4 is 0 Å². The molecular weight excluding hydrogens is 690 g/mol. The molecule has 2 aromatic rings. The van der Waals surface area contributed by atoms with Crippen molar-refractivity contribution < 1.29 is 14.3 Å². The van der Waals surface area contributed by atoms with Gasteiger partial charge in [-0.1, -0.05) is 31.5 Å². The Morgan fingerprint density at radius 1 is 0.958 bits per heavy atom. The van der Waals surface area contributed by atoms with Crippen LogP contribution in [0.4, 0.5) is 4.79 Å². The van der Waals surface area contributed by atoms with Crippen molar-refractivity contribution in [3.05, 3.63) is 62.3 Å². The average molecular weight is 743 g/mol. The molecule has 1 aromatic heterocycles. The third kappa shape index (κ3) is 8.22. The van der Waals surface area contributed by atoms with E-state index in [4.69, 9.17) is 21.3 Å². The first-order valence-corrected chi connectivity index (χ1v) is 19.2. The van der Waals surface area contributed by atoms with Crippen molar-refractivity contribution >= 4 is 39.5 Å². The topological polar surface area (TPSA) is 69.2 Å². The van der Waals surface area contributed by atoms with Gasteiger partial charge in [0.2, 0.25) is 5.91 Å². The molecule has 48 heavy (non-hydrogen) atoms. The summed E-state index contributed by atoms with van der Waals surface area (Å²) in [6.45, 7) is 16.2. The van der Waals surface area contributed by atoms with E-state index in [0.717, 1.165) is 80.7 Å². The molecule has 8 nitrogen and oxygen atoms in total. The number of hydrogen-bond donors (Lipinski definition) is 0. The van der Waals surface area contributed by atoms with Gasteiger partial charge in [-0.05, 0) is 122 Å². The molecule has 0 N–H and O–H groups in total. The minimum absolute atomic E-state index is 0.137. The highest BCUT2D eigenvalue weighted by Crippen LogP contribution is 2.39. The Hall–Kier alpha value is -2.20. The number of carbonyl (C=O) groups is 2. The lowest BCUT2D eigenvalue weighted by Crippen LogP contribution is -2.60. The lowest BCUT2D eigenvalue weighted by Gasteiger charge is -2.48. The van der Waals surface area contributed by atoms with Gasteiger partial charge in [-0.2, -0.15) is 0 Å². The van der Waals surface area contributed by atoms with Crippen LogP contribution in [0.2, 0.25) is 5.02 Å². The normalized spacial score (nSPS) is 23.5. The maximum Gasteiger partial charge on any atom is 0.410 e. The number of likely N-dealkylation sites (tertiary alicyclic amines) is 2. The number of pyridine rings is 1. The van der Waals surface area contributed by atoms with Gasteiger partial charge in [0.05, 0.1) is 11.7 Å². The lowest BCUT2D eigenvalue weighted by molar-refractivity contribution is -0.139. The molecule has 3 aliphatic heterocycles. The quantitative estimate of drug-likeness (QED) is 0.319. The monoisotopic (exact) mass is 741 g/mol. The van der Waals surface area contributed by atoms with Gasteiger partial charge in [-0.25, -0.2) is 4.79 Å². The van der Waals surface area contributed by atoms with Crippen LogP contribution in [0.15, 0.2) is 34.9 Å². The number of aromatic nitrogens is 1. The Bertz CT molecular complexity index is 1410. The summed E-state index contributed by atoms with van der Waals surface area (Å²) >= 11 is 10.1. The zero-order valence-electron chi connectivity index (χ0n) is 29.4. The van der Waals surface area contributed by atoms with Crippen LogP contribution in [0.3, 0.4) is 0 Å². The van der Waals surface area contributed by atoms with Crippen molar-refractivity contribution in [1.29, 1.82) is 0 Å². The van der Waals surface area contributed by atoms with Crippen molar-refractivity contribution in [2.24, 2.45) is 11.8 Å². The SMILES string of the molecule is CC(C)[C@H]1CN(C2CCN(C3c4ccc(Cl)cc4CCc4cc(Br)cnc43)CC2)CCN1C(=O)CC1CCN(C(=O)OC(C)(C)C)CC1. The summed E-state index contributed by atoms with van der Waals surface area (Å²) < 4.78 is 6.59. The summed E-state index contributed by atoms with van der Waals surface area (Å²) in [5, 5.41) is 0.798. The van der Waals surface area contributed by atoms with Gasteiger partial charge in [-0.3, -0.25) is 19.6 Å². The molecule has 0 spiro atoms. The van der Waals surface area contributed by atoms with Crippen LogP contribution >= 0.6 is 27.5 Å². The number of piperidine rings is 2. The predicted molar refractivity (Wildman–Crippen MR) is 194 cm³/mol. The van der Waals surface area contributed by atoms with Crippen molar-refractivity contribution in [1.82, 2.24) is 24.6 Å². The number of piperazine rings is 1. The first kappa shape index (κ1) is 35.6.